The van der Waals surface area contributed by atoms with Crippen LogP contribution in [-0.2, 0) is 9.59 Å². The van der Waals surface area contributed by atoms with Crippen molar-refractivity contribution in [3.8, 4) is 0 Å². The highest BCUT2D eigenvalue weighted by molar-refractivity contribution is 8.01. The summed E-state index contributed by atoms with van der Waals surface area (Å²) in [6.07, 6.45) is 0. The van der Waals surface area contributed by atoms with Crippen LogP contribution in [0.3, 0.4) is 0 Å². The standard InChI is InChI=1S/C15H15Cl2N3O3S/c1-8-3-13(20-23-8)19-15(22)9(2)24-7-14(21)18-12-5-10(16)4-11(17)6-12/h3-6,9H,7H2,1-2H3,(H,18,21)(H,19,20,22). The average Bonchev–Trinajstić information content (AvgIpc) is 2.88. The Morgan fingerprint density at radius 3 is 2.46 bits per heavy atom. The third-order valence-corrected chi connectivity index (χ3v) is 4.44. The Morgan fingerprint density at radius 1 is 1.21 bits per heavy atom. The number of hydrogen-bond acceptors (Lipinski definition) is 5. The number of anilines is 2. The van der Waals surface area contributed by atoms with Gasteiger partial charge in [-0.05, 0) is 32.0 Å². The number of hydrogen-bond donors (Lipinski definition) is 2. The van der Waals surface area contributed by atoms with Crippen molar-refractivity contribution >= 4 is 58.3 Å². The number of nitrogens with one attached hydrogen (secondary N) is 2. The van der Waals surface area contributed by atoms with Crippen molar-refractivity contribution in [1.29, 1.82) is 0 Å². The first-order chi connectivity index (χ1) is 11.3. The lowest BCUT2D eigenvalue weighted by Crippen LogP contribution is -2.25. The van der Waals surface area contributed by atoms with Gasteiger partial charge in [-0.25, -0.2) is 0 Å². The van der Waals surface area contributed by atoms with Crippen molar-refractivity contribution in [2.24, 2.45) is 0 Å². The first kappa shape index (κ1) is 18.6. The minimum atomic E-state index is -0.435. The molecule has 0 radical (unpaired) electrons. The summed E-state index contributed by atoms with van der Waals surface area (Å²) in [5.41, 5.74) is 0.508. The van der Waals surface area contributed by atoms with Gasteiger partial charge in [0.25, 0.3) is 0 Å². The molecular formula is C15H15Cl2N3O3S. The number of halogens is 2. The molecule has 6 nitrogen and oxygen atoms in total. The van der Waals surface area contributed by atoms with Crippen LogP contribution >= 0.6 is 35.0 Å². The molecule has 128 valence electrons. The highest BCUT2D eigenvalue weighted by Gasteiger charge is 2.17. The van der Waals surface area contributed by atoms with Gasteiger partial charge in [0, 0.05) is 21.8 Å². The summed E-state index contributed by atoms with van der Waals surface area (Å²) >= 11 is 12.9. The Kier molecular flexibility index (Phi) is 6.53. The summed E-state index contributed by atoms with van der Waals surface area (Å²) in [6.45, 7) is 3.43. The van der Waals surface area contributed by atoms with Crippen molar-refractivity contribution in [2.45, 2.75) is 19.1 Å². The number of amides is 2. The van der Waals surface area contributed by atoms with Crippen LogP contribution < -0.4 is 10.6 Å². The largest absolute Gasteiger partial charge is 0.360 e. The van der Waals surface area contributed by atoms with E-state index in [1.54, 1.807) is 38.1 Å². The summed E-state index contributed by atoms with van der Waals surface area (Å²) in [4.78, 5) is 23.9. The maximum absolute atomic E-state index is 12.0. The molecule has 2 rings (SSSR count). The van der Waals surface area contributed by atoms with Crippen LogP contribution in [0.25, 0.3) is 0 Å². The molecule has 9 heteroatoms. The summed E-state index contributed by atoms with van der Waals surface area (Å²) < 4.78 is 4.87. The fraction of sp³-hybridized carbons (Fsp3) is 0.267. The summed E-state index contributed by atoms with van der Waals surface area (Å²) in [5.74, 6) is 0.548. The molecule has 0 fully saturated rings. The van der Waals surface area contributed by atoms with Gasteiger partial charge in [0.05, 0.1) is 11.0 Å². The van der Waals surface area contributed by atoms with Gasteiger partial charge in [0.2, 0.25) is 11.8 Å². The molecule has 1 aromatic carbocycles. The molecule has 0 aliphatic heterocycles. The first-order valence-corrected chi connectivity index (χ1v) is 8.75. The lowest BCUT2D eigenvalue weighted by molar-refractivity contribution is -0.115. The quantitative estimate of drug-likeness (QED) is 0.782. The lowest BCUT2D eigenvalue weighted by Gasteiger charge is -2.11. The van der Waals surface area contributed by atoms with Crippen molar-refractivity contribution in [1.82, 2.24) is 5.16 Å². The molecule has 0 aliphatic rings. The van der Waals surface area contributed by atoms with E-state index in [2.05, 4.69) is 15.8 Å². The van der Waals surface area contributed by atoms with Gasteiger partial charge in [0.15, 0.2) is 5.82 Å². The second-order valence-corrected chi connectivity index (χ2v) is 7.17. The van der Waals surface area contributed by atoms with Crippen LogP contribution in [0.1, 0.15) is 12.7 Å². The van der Waals surface area contributed by atoms with Gasteiger partial charge < -0.3 is 15.2 Å². The van der Waals surface area contributed by atoms with Gasteiger partial charge in [-0.1, -0.05) is 28.4 Å². The highest BCUT2D eigenvalue weighted by atomic mass is 35.5. The van der Waals surface area contributed by atoms with E-state index in [1.165, 1.54) is 11.8 Å². The minimum absolute atomic E-state index is 0.108. The van der Waals surface area contributed by atoms with Crippen molar-refractivity contribution in [3.63, 3.8) is 0 Å². The summed E-state index contributed by atoms with van der Waals surface area (Å²) in [6, 6.07) is 6.38. The zero-order valence-corrected chi connectivity index (χ0v) is 15.3. The molecule has 0 aliphatic carbocycles. The summed E-state index contributed by atoms with van der Waals surface area (Å²) in [7, 11) is 0. The molecule has 1 heterocycles. The third kappa shape index (κ3) is 5.74. The van der Waals surface area contributed by atoms with Crippen LogP contribution in [0.15, 0.2) is 28.8 Å². The fourth-order valence-corrected chi connectivity index (χ4v) is 2.96. The number of carbonyl (C=O) groups excluding carboxylic acids is 2. The zero-order chi connectivity index (χ0) is 17.7. The molecule has 2 aromatic rings. The second kappa shape index (κ2) is 8.41. The Hall–Kier alpha value is -1.70. The average molecular weight is 388 g/mol. The number of aryl methyl sites for hydroxylation is 1. The van der Waals surface area contributed by atoms with Gasteiger partial charge in [0.1, 0.15) is 5.76 Å². The van der Waals surface area contributed by atoms with E-state index in [0.717, 1.165) is 0 Å². The maximum atomic E-state index is 12.0. The van der Waals surface area contributed by atoms with E-state index in [9.17, 15) is 9.59 Å². The zero-order valence-electron chi connectivity index (χ0n) is 12.9. The number of thioether (sulfide) groups is 1. The normalized spacial score (nSPS) is 11.8. The predicted octanol–water partition coefficient (Wildman–Crippen LogP) is 3.99. The molecule has 0 spiro atoms. The van der Waals surface area contributed by atoms with Crippen molar-refractivity contribution in [3.05, 3.63) is 40.1 Å². The molecule has 2 N–H and O–H groups in total. The van der Waals surface area contributed by atoms with E-state index in [0.29, 0.717) is 27.3 Å². The van der Waals surface area contributed by atoms with E-state index in [4.69, 9.17) is 27.7 Å². The van der Waals surface area contributed by atoms with Crippen LogP contribution in [0.4, 0.5) is 11.5 Å². The maximum Gasteiger partial charge on any atom is 0.238 e. The first-order valence-electron chi connectivity index (χ1n) is 6.95. The SMILES string of the molecule is Cc1cc(NC(=O)C(C)SCC(=O)Nc2cc(Cl)cc(Cl)c2)no1. The Labute approximate surface area is 153 Å². The number of nitrogens with zero attached hydrogens (tertiary/aromatic N) is 1. The molecule has 0 bridgehead atoms. The van der Waals surface area contributed by atoms with E-state index < -0.39 is 5.25 Å². The van der Waals surface area contributed by atoms with Crippen molar-refractivity contribution < 1.29 is 14.1 Å². The molecule has 1 atom stereocenters. The van der Waals surface area contributed by atoms with E-state index in [1.807, 2.05) is 0 Å². The number of rotatable bonds is 6. The predicted molar refractivity (Wildman–Crippen MR) is 96.9 cm³/mol. The number of aromatic nitrogens is 1. The van der Waals surface area contributed by atoms with E-state index >= 15 is 0 Å². The smallest absolute Gasteiger partial charge is 0.238 e. The van der Waals surface area contributed by atoms with Crippen LogP contribution in [0.5, 0.6) is 0 Å². The van der Waals surface area contributed by atoms with Gasteiger partial charge in [-0.15, -0.1) is 11.8 Å². The number of benzene rings is 1. The molecule has 2 amide bonds. The lowest BCUT2D eigenvalue weighted by atomic mass is 10.3. The number of carbonyl (C=O) groups is 2. The monoisotopic (exact) mass is 387 g/mol. The van der Waals surface area contributed by atoms with Crippen LogP contribution in [0, 0.1) is 6.92 Å². The topological polar surface area (TPSA) is 84.2 Å². The third-order valence-electron chi connectivity index (χ3n) is 2.86. The van der Waals surface area contributed by atoms with Crippen LogP contribution in [-0.4, -0.2) is 28.0 Å². The molecule has 1 unspecified atom stereocenters. The second-order valence-electron chi connectivity index (χ2n) is 4.97. The van der Waals surface area contributed by atoms with Gasteiger partial charge in [-0.3, -0.25) is 9.59 Å². The molecule has 0 saturated heterocycles. The van der Waals surface area contributed by atoms with Crippen LogP contribution in [0.2, 0.25) is 10.0 Å². The van der Waals surface area contributed by atoms with Gasteiger partial charge in [-0.2, -0.15) is 0 Å². The molecule has 1 aromatic heterocycles. The van der Waals surface area contributed by atoms with E-state index in [-0.39, 0.29) is 17.6 Å². The Morgan fingerprint density at radius 2 is 1.88 bits per heavy atom. The fourth-order valence-electron chi connectivity index (χ4n) is 1.75. The molecule has 24 heavy (non-hydrogen) atoms. The summed E-state index contributed by atoms with van der Waals surface area (Å²) in [5, 5.41) is 9.42. The molecular weight excluding hydrogens is 373 g/mol. The van der Waals surface area contributed by atoms with Gasteiger partial charge >= 0.3 is 0 Å². The molecule has 0 saturated carbocycles. The Bertz CT molecular complexity index is 731. The minimum Gasteiger partial charge on any atom is -0.360 e. The Balaban J connectivity index is 1.81. The highest BCUT2D eigenvalue weighted by Crippen LogP contribution is 2.23. The van der Waals surface area contributed by atoms with Crippen molar-refractivity contribution in [2.75, 3.05) is 16.4 Å².